The summed E-state index contributed by atoms with van der Waals surface area (Å²) in [5.41, 5.74) is 5.68. The van der Waals surface area contributed by atoms with E-state index < -0.39 is 0 Å². The Bertz CT molecular complexity index is 1040. The van der Waals surface area contributed by atoms with Gasteiger partial charge in [0.25, 0.3) is 0 Å². The van der Waals surface area contributed by atoms with E-state index in [0.717, 1.165) is 31.2 Å². The van der Waals surface area contributed by atoms with Crippen molar-refractivity contribution >= 4 is 37.6 Å². The fourth-order valence-corrected chi connectivity index (χ4v) is 4.40. The summed E-state index contributed by atoms with van der Waals surface area (Å²) >= 11 is 7.24. The van der Waals surface area contributed by atoms with E-state index in [-0.39, 0.29) is 5.78 Å². The van der Waals surface area contributed by atoms with E-state index in [1.165, 1.54) is 0 Å². The first-order chi connectivity index (χ1) is 13.6. The minimum absolute atomic E-state index is 0.000577. The maximum Gasteiger partial charge on any atom is 0.193 e. The van der Waals surface area contributed by atoms with Crippen LogP contribution >= 0.6 is 31.9 Å². The van der Waals surface area contributed by atoms with Crippen molar-refractivity contribution in [3.8, 4) is 22.3 Å². The molecule has 0 N–H and O–H groups in total. The van der Waals surface area contributed by atoms with Crippen molar-refractivity contribution in [2.45, 2.75) is 0 Å². The second kappa shape index (κ2) is 8.26. The minimum Gasteiger partial charge on any atom is -0.289 e. The molecule has 0 atom stereocenters. The summed E-state index contributed by atoms with van der Waals surface area (Å²) in [6.45, 7) is 0. The third kappa shape index (κ3) is 3.87. The summed E-state index contributed by atoms with van der Waals surface area (Å²) in [5.74, 6) is 0.000577. The van der Waals surface area contributed by atoms with Gasteiger partial charge >= 0.3 is 0 Å². The first-order valence-electron chi connectivity index (χ1n) is 8.88. The molecule has 0 heterocycles. The predicted octanol–water partition coefficient (Wildman–Crippen LogP) is 7.78. The van der Waals surface area contributed by atoms with Crippen LogP contribution in [0.5, 0.6) is 0 Å². The van der Waals surface area contributed by atoms with Crippen LogP contribution in [-0.4, -0.2) is 5.78 Å². The molecule has 0 aliphatic heterocycles. The number of halogens is 2. The summed E-state index contributed by atoms with van der Waals surface area (Å²) in [5, 5.41) is 0. The van der Waals surface area contributed by atoms with Crippen molar-refractivity contribution in [2.75, 3.05) is 0 Å². The van der Waals surface area contributed by atoms with Crippen molar-refractivity contribution in [2.24, 2.45) is 0 Å². The monoisotopic (exact) mass is 490 g/mol. The van der Waals surface area contributed by atoms with Crippen LogP contribution in [0.4, 0.5) is 0 Å². The highest BCUT2D eigenvalue weighted by Crippen LogP contribution is 2.32. The summed E-state index contributed by atoms with van der Waals surface area (Å²) in [6, 6.07) is 31.8. The highest BCUT2D eigenvalue weighted by Gasteiger charge is 2.14. The van der Waals surface area contributed by atoms with E-state index in [1.807, 2.05) is 72.8 Å². The van der Waals surface area contributed by atoms with Gasteiger partial charge in [-0.2, -0.15) is 0 Å². The molecule has 0 spiro atoms. The van der Waals surface area contributed by atoms with Gasteiger partial charge in [-0.25, -0.2) is 0 Å². The fraction of sp³-hybridized carbons (Fsp3) is 0. The topological polar surface area (TPSA) is 17.1 Å². The van der Waals surface area contributed by atoms with Gasteiger partial charge in [-0.3, -0.25) is 4.79 Å². The number of carbonyl (C=O) groups excluding carboxylic acids is 1. The van der Waals surface area contributed by atoms with Crippen LogP contribution in [0.3, 0.4) is 0 Å². The average Bonchev–Trinajstić information content (AvgIpc) is 2.74. The van der Waals surface area contributed by atoms with Crippen LogP contribution in [0.15, 0.2) is 106 Å². The molecule has 4 aromatic rings. The lowest BCUT2D eigenvalue weighted by Gasteiger charge is -2.10. The molecule has 0 aliphatic rings. The number of ketones is 1. The first-order valence-corrected chi connectivity index (χ1v) is 10.5. The Morgan fingerprint density at radius 3 is 1.29 bits per heavy atom. The van der Waals surface area contributed by atoms with Crippen LogP contribution in [0.25, 0.3) is 22.3 Å². The molecule has 0 unspecified atom stereocenters. The molecule has 0 radical (unpaired) electrons. The summed E-state index contributed by atoms with van der Waals surface area (Å²) in [7, 11) is 0. The number of carbonyl (C=O) groups is 1. The molecule has 4 rings (SSSR count). The summed E-state index contributed by atoms with van der Waals surface area (Å²) in [6.07, 6.45) is 0. The van der Waals surface area contributed by atoms with Gasteiger partial charge in [-0.1, -0.05) is 117 Å². The molecule has 0 saturated carbocycles. The number of hydrogen-bond donors (Lipinski definition) is 0. The van der Waals surface area contributed by atoms with E-state index in [0.29, 0.717) is 11.1 Å². The van der Waals surface area contributed by atoms with Gasteiger partial charge < -0.3 is 0 Å². The highest BCUT2D eigenvalue weighted by molar-refractivity contribution is 9.11. The smallest absolute Gasteiger partial charge is 0.193 e. The van der Waals surface area contributed by atoms with E-state index >= 15 is 0 Å². The van der Waals surface area contributed by atoms with E-state index in [4.69, 9.17) is 0 Å². The van der Waals surface area contributed by atoms with E-state index in [9.17, 15) is 4.79 Å². The second-order valence-corrected chi connectivity index (χ2v) is 8.16. The summed E-state index contributed by atoms with van der Waals surface area (Å²) in [4.78, 5) is 13.0. The Labute approximate surface area is 181 Å². The lowest BCUT2D eigenvalue weighted by molar-refractivity contribution is 0.103. The molecule has 3 heteroatoms. The Morgan fingerprint density at radius 1 is 0.536 bits per heavy atom. The number of rotatable bonds is 4. The lowest BCUT2D eigenvalue weighted by Crippen LogP contribution is -2.02. The molecule has 4 aromatic carbocycles. The van der Waals surface area contributed by atoms with Crippen molar-refractivity contribution < 1.29 is 4.79 Å². The van der Waals surface area contributed by atoms with Crippen LogP contribution < -0.4 is 0 Å². The molecule has 28 heavy (non-hydrogen) atoms. The molecular weight excluding hydrogens is 476 g/mol. The fourth-order valence-electron chi connectivity index (χ4n) is 3.18. The quantitative estimate of drug-likeness (QED) is 0.266. The highest BCUT2D eigenvalue weighted by atomic mass is 79.9. The molecule has 0 aliphatic carbocycles. The van der Waals surface area contributed by atoms with Crippen molar-refractivity contribution in [3.05, 3.63) is 117 Å². The van der Waals surface area contributed by atoms with Gasteiger partial charge in [-0.05, 0) is 34.4 Å². The van der Waals surface area contributed by atoms with Crippen LogP contribution in [0.1, 0.15) is 15.9 Å². The van der Waals surface area contributed by atoms with Gasteiger partial charge in [0, 0.05) is 20.1 Å². The van der Waals surface area contributed by atoms with Crippen molar-refractivity contribution in [3.63, 3.8) is 0 Å². The Hall–Kier alpha value is -2.49. The zero-order valence-corrected chi connectivity index (χ0v) is 18.1. The maximum atomic E-state index is 13.0. The molecule has 0 aromatic heterocycles. The third-order valence-electron chi connectivity index (χ3n) is 4.63. The SMILES string of the molecule is O=C(c1ccc(-c2ccccc2)c(Br)c1)c1ccc(-c2ccccc2)c(Br)c1. The number of hydrogen-bond acceptors (Lipinski definition) is 1. The minimum atomic E-state index is 0.000577. The van der Waals surface area contributed by atoms with E-state index in [2.05, 4.69) is 56.1 Å². The second-order valence-electron chi connectivity index (χ2n) is 6.45. The molecule has 0 saturated heterocycles. The predicted molar refractivity (Wildman–Crippen MR) is 123 cm³/mol. The lowest BCUT2D eigenvalue weighted by atomic mass is 9.97. The molecule has 0 bridgehead atoms. The van der Waals surface area contributed by atoms with Crippen molar-refractivity contribution in [1.82, 2.24) is 0 Å². The van der Waals surface area contributed by atoms with Crippen LogP contribution in [-0.2, 0) is 0 Å². The Kier molecular flexibility index (Phi) is 5.56. The molecule has 1 nitrogen and oxygen atoms in total. The average molecular weight is 492 g/mol. The molecule has 0 amide bonds. The molecule has 136 valence electrons. The zero-order chi connectivity index (χ0) is 19.5. The molecular formula is C25H16Br2O. The Morgan fingerprint density at radius 2 is 0.929 bits per heavy atom. The maximum absolute atomic E-state index is 13.0. The van der Waals surface area contributed by atoms with Gasteiger partial charge in [0.1, 0.15) is 0 Å². The van der Waals surface area contributed by atoms with E-state index in [1.54, 1.807) is 0 Å². The normalized spacial score (nSPS) is 10.6. The van der Waals surface area contributed by atoms with Crippen LogP contribution in [0.2, 0.25) is 0 Å². The third-order valence-corrected chi connectivity index (χ3v) is 5.94. The first kappa shape index (κ1) is 18.9. The van der Waals surface area contributed by atoms with Crippen molar-refractivity contribution in [1.29, 1.82) is 0 Å². The van der Waals surface area contributed by atoms with Gasteiger partial charge in [0.05, 0.1) is 0 Å². The van der Waals surface area contributed by atoms with Crippen LogP contribution in [0, 0.1) is 0 Å². The Balaban J connectivity index is 1.65. The summed E-state index contributed by atoms with van der Waals surface area (Å²) < 4.78 is 1.81. The van der Waals surface area contributed by atoms with Gasteiger partial charge in [0.15, 0.2) is 5.78 Å². The van der Waals surface area contributed by atoms with Gasteiger partial charge in [-0.15, -0.1) is 0 Å². The largest absolute Gasteiger partial charge is 0.289 e. The number of benzene rings is 4. The van der Waals surface area contributed by atoms with Gasteiger partial charge in [0.2, 0.25) is 0 Å². The molecule has 0 fully saturated rings. The zero-order valence-electron chi connectivity index (χ0n) is 14.9. The standard InChI is InChI=1S/C25H16Br2O/c26-23-15-19(11-13-21(23)17-7-3-1-4-8-17)25(28)20-12-14-22(24(27)16-20)18-9-5-2-6-10-18/h1-16H.